The quantitative estimate of drug-likeness (QED) is 0.113. The summed E-state index contributed by atoms with van der Waals surface area (Å²) in [5.74, 6) is 1.87. The molecule has 0 fully saturated rings. The molecule has 0 aliphatic rings. The second-order valence-electron chi connectivity index (χ2n) is 25.8. The summed E-state index contributed by atoms with van der Waals surface area (Å²) in [6, 6.07) is 83.8. The molecule has 0 radical (unpaired) electrons. The van der Waals surface area contributed by atoms with Crippen LogP contribution in [0.15, 0.2) is 303 Å². The van der Waals surface area contributed by atoms with Gasteiger partial charge >= 0.3 is 24.7 Å². The summed E-state index contributed by atoms with van der Waals surface area (Å²) < 4.78 is 178. The van der Waals surface area contributed by atoms with E-state index in [9.17, 15) is 52.7 Å². The van der Waals surface area contributed by atoms with Crippen molar-refractivity contribution in [1.82, 2.24) is 39.0 Å². The van der Waals surface area contributed by atoms with Gasteiger partial charge in [-0.15, -0.1) is 0 Å². The Labute approximate surface area is 606 Å². The molecular formula is C88H50F12N8. The Kier molecular flexibility index (Phi) is 16.5. The van der Waals surface area contributed by atoms with E-state index < -0.39 is 47.0 Å². The van der Waals surface area contributed by atoms with Crippen LogP contribution in [0.25, 0.3) is 168 Å². The van der Waals surface area contributed by atoms with E-state index in [2.05, 4.69) is 0 Å². The number of rotatable bonds is 12. The minimum atomic E-state index is -5.11. The van der Waals surface area contributed by atoms with E-state index in [4.69, 9.17) is 29.9 Å². The van der Waals surface area contributed by atoms with E-state index in [1.807, 2.05) is 228 Å². The van der Waals surface area contributed by atoms with Gasteiger partial charge in [0.15, 0.2) is 34.9 Å². The zero-order chi connectivity index (χ0) is 74.4. The molecule has 0 amide bonds. The number of alkyl halides is 12. The van der Waals surface area contributed by atoms with Gasteiger partial charge in [0.2, 0.25) is 0 Å². The first-order chi connectivity index (χ1) is 52.1. The van der Waals surface area contributed by atoms with Gasteiger partial charge in [-0.3, -0.25) is 0 Å². The molecule has 4 aromatic heterocycles. The number of hydrogen-bond acceptors (Lipinski definition) is 6. The summed E-state index contributed by atoms with van der Waals surface area (Å²) in [4.78, 5) is 31.2. The van der Waals surface area contributed by atoms with Crippen LogP contribution in [0.5, 0.6) is 0 Å². The monoisotopic (exact) mass is 1450 g/mol. The number of nitrogens with zero attached hydrogens (tertiary/aromatic N) is 8. The Balaban J connectivity index is 0.951. The van der Waals surface area contributed by atoms with Gasteiger partial charge in [-0.2, -0.15) is 52.7 Å². The Hall–Kier alpha value is -13.4. The fourth-order valence-corrected chi connectivity index (χ4v) is 14.2. The van der Waals surface area contributed by atoms with Crippen LogP contribution in [0.2, 0.25) is 0 Å². The first kappa shape index (κ1) is 67.8. The van der Waals surface area contributed by atoms with Crippen LogP contribution in [-0.4, -0.2) is 39.0 Å². The van der Waals surface area contributed by atoms with Crippen molar-refractivity contribution in [2.75, 3.05) is 0 Å². The van der Waals surface area contributed by atoms with Gasteiger partial charge in [0.1, 0.15) is 0 Å². The molecule has 108 heavy (non-hydrogen) atoms. The number of aromatic nitrogens is 8. The molecule has 0 aliphatic heterocycles. The summed E-state index contributed by atoms with van der Waals surface area (Å²) in [7, 11) is 0. The Morgan fingerprint density at radius 2 is 0.472 bits per heavy atom. The fraction of sp³-hybridized carbons (Fsp3) is 0.0455. The average molecular weight is 1450 g/mol. The first-order valence-corrected chi connectivity index (χ1v) is 33.8. The van der Waals surface area contributed by atoms with E-state index in [0.717, 1.165) is 0 Å². The molecular weight excluding hydrogens is 1400 g/mol. The van der Waals surface area contributed by atoms with E-state index >= 15 is 0 Å². The standard InChI is InChI=1S/C88H50F12N8/c89-85(90,91)61-43-59(44-62(49-61)86(92,93)94)55-38-40-73-69(47-55)65-30-13-15-34-71(65)107(73)75-36-18-32-67(83-103-79(51-20-5-1-6-21-51)101-80(104-83)52-22-7-2-8-23-52)77(75)57-28-17-29-58(42-57)78-68(84-105-81(53-24-9-3-10-25-53)102-82(106-84)54-26-11-4-12-27-54)33-19-37-76(78)108-72-35-16-14-31-66(72)70-48-56(39-41-74(70)108)60-45-63(87(95,96)97)50-64(46-60)88(98,99)100/h1-50H. The minimum absolute atomic E-state index is 0.0918. The van der Waals surface area contributed by atoms with E-state index in [1.165, 1.54) is 12.1 Å². The number of fused-ring (bicyclic) bond motifs is 6. The lowest BCUT2D eigenvalue weighted by molar-refractivity contribution is -0.144. The zero-order valence-corrected chi connectivity index (χ0v) is 56.0. The lowest BCUT2D eigenvalue weighted by Crippen LogP contribution is -2.11. The Bertz CT molecular complexity index is 5810. The van der Waals surface area contributed by atoms with Gasteiger partial charge in [0, 0.05) is 66.1 Å². The maximum Gasteiger partial charge on any atom is 0.416 e. The molecule has 0 spiro atoms. The maximum absolute atomic E-state index is 14.5. The molecule has 20 heteroatoms. The van der Waals surface area contributed by atoms with E-state index in [-0.39, 0.29) is 46.0 Å². The lowest BCUT2D eigenvalue weighted by Gasteiger charge is -2.21. The summed E-state index contributed by atoms with van der Waals surface area (Å²) in [5, 5.41) is 2.22. The average Bonchev–Trinajstić information content (AvgIpc) is 1.51. The van der Waals surface area contributed by atoms with Crippen LogP contribution < -0.4 is 0 Å². The summed E-state index contributed by atoms with van der Waals surface area (Å²) in [6.07, 6.45) is -20.4. The van der Waals surface area contributed by atoms with Crippen molar-refractivity contribution >= 4 is 43.6 Å². The molecule has 0 saturated heterocycles. The third-order valence-electron chi connectivity index (χ3n) is 19.1. The number of benzene rings is 13. The van der Waals surface area contributed by atoms with Crippen molar-refractivity contribution in [2.45, 2.75) is 24.7 Å². The molecule has 0 aliphatic carbocycles. The normalized spacial score (nSPS) is 12.3. The molecule has 17 rings (SSSR count). The van der Waals surface area contributed by atoms with Gasteiger partial charge in [0.25, 0.3) is 0 Å². The molecule has 0 saturated carbocycles. The minimum Gasteiger partial charge on any atom is -0.309 e. The lowest BCUT2D eigenvalue weighted by atomic mass is 9.91. The largest absolute Gasteiger partial charge is 0.416 e. The molecule has 0 atom stereocenters. The predicted molar refractivity (Wildman–Crippen MR) is 396 cm³/mol. The predicted octanol–water partition coefficient (Wildman–Crippen LogP) is 25.0. The SMILES string of the molecule is FC(F)(F)c1cc(-c2ccc3c(c2)c2ccccc2n3-c2cccc(-c3nc(-c4ccccc4)nc(-c4ccccc4)n3)c2-c2cccc(-c3c(-c4nc(-c5ccccc5)nc(-c5ccccc5)n4)cccc3-n3c4ccccc4c4cc(-c5cc(C(F)(F)F)cc(C(F)(F)F)c5)ccc43)c2)cc(C(F)(F)F)c1. The van der Waals surface area contributed by atoms with Crippen LogP contribution in [0.3, 0.4) is 0 Å². The molecule has 0 N–H and O–H groups in total. The van der Waals surface area contributed by atoms with Crippen LogP contribution in [0, 0.1) is 0 Å². The van der Waals surface area contributed by atoms with Crippen molar-refractivity contribution in [1.29, 1.82) is 0 Å². The van der Waals surface area contributed by atoms with Crippen molar-refractivity contribution in [3.8, 4) is 124 Å². The summed E-state index contributed by atoms with van der Waals surface area (Å²) in [5.41, 5.74) is 3.04. The fourth-order valence-electron chi connectivity index (χ4n) is 14.2. The third-order valence-corrected chi connectivity index (χ3v) is 19.1. The zero-order valence-electron chi connectivity index (χ0n) is 56.0. The van der Waals surface area contributed by atoms with Crippen LogP contribution in [0.1, 0.15) is 22.3 Å². The van der Waals surface area contributed by atoms with E-state index in [1.54, 1.807) is 36.4 Å². The smallest absolute Gasteiger partial charge is 0.309 e. The molecule has 0 unspecified atom stereocenters. The Morgan fingerprint density at radius 3 is 0.796 bits per heavy atom. The first-order valence-electron chi connectivity index (χ1n) is 33.8. The van der Waals surface area contributed by atoms with Crippen LogP contribution >= 0.6 is 0 Å². The molecule has 4 heterocycles. The third kappa shape index (κ3) is 12.6. The number of para-hydroxylation sites is 2. The molecule has 526 valence electrons. The molecule has 17 aromatic rings. The van der Waals surface area contributed by atoms with Crippen LogP contribution in [0.4, 0.5) is 52.7 Å². The molecule has 0 bridgehead atoms. The second kappa shape index (κ2) is 26.3. The van der Waals surface area contributed by atoms with E-state index in [0.29, 0.717) is 158 Å². The van der Waals surface area contributed by atoms with Gasteiger partial charge in [-0.25, -0.2) is 29.9 Å². The second-order valence-corrected chi connectivity index (χ2v) is 25.8. The van der Waals surface area contributed by atoms with Crippen molar-refractivity contribution in [3.05, 3.63) is 326 Å². The van der Waals surface area contributed by atoms with Crippen molar-refractivity contribution < 1.29 is 52.7 Å². The highest BCUT2D eigenvalue weighted by Gasteiger charge is 2.39. The van der Waals surface area contributed by atoms with Gasteiger partial charge in [-0.1, -0.05) is 212 Å². The summed E-state index contributed by atoms with van der Waals surface area (Å²) >= 11 is 0. The maximum atomic E-state index is 14.5. The summed E-state index contributed by atoms with van der Waals surface area (Å²) in [6.45, 7) is 0. The number of hydrogen-bond donors (Lipinski definition) is 0. The van der Waals surface area contributed by atoms with Gasteiger partial charge in [-0.05, 0) is 124 Å². The molecule has 8 nitrogen and oxygen atoms in total. The molecule has 13 aromatic carbocycles. The highest BCUT2D eigenvalue weighted by Crippen LogP contribution is 2.49. The topological polar surface area (TPSA) is 87.2 Å². The van der Waals surface area contributed by atoms with Crippen LogP contribution in [-0.2, 0) is 24.7 Å². The van der Waals surface area contributed by atoms with Gasteiger partial charge < -0.3 is 9.13 Å². The van der Waals surface area contributed by atoms with Gasteiger partial charge in [0.05, 0.1) is 55.7 Å². The van der Waals surface area contributed by atoms with Crippen molar-refractivity contribution in [3.63, 3.8) is 0 Å². The highest BCUT2D eigenvalue weighted by molar-refractivity contribution is 6.13. The van der Waals surface area contributed by atoms with Crippen molar-refractivity contribution in [2.24, 2.45) is 0 Å². The number of halogens is 12. The highest BCUT2D eigenvalue weighted by atomic mass is 19.4. The Morgan fingerprint density at radius 1 is 0.194 bits per heavy atom.